The van der Waals surface area contributed by atoms with Crippen LogP contribution in [0.2, 0.25) is 0 Å². The number of carboxylic acids is 1. The zero-order valence-corrected chi connectivity index (χ0v) is 10.5. The minimum absolute atomic E-state index is 0.0345. The van der Waals surface area contributed by atoms with Gasteiger partial charge in [-0.05, 0) is 16.4 Å². The summed E-state index contributed by atoms with van der Waals surface area (Å²) in [5.74, 6) is -0.670. The molecule has 0 fully saturated rings. The second-order valence-electron chi connectivity index (χ2n) is 4.11. The van der Waals surface area contributed by atoms with Gasteiger partial charge in [0.25, 0.3) is 0 Å². The van der Waals surface area contributed by atoms with Crippen LogP contribution in [0.4, 0.5) is 0 Å². The van der Waals surface area contributed by atoms with Gasteiger partial charge in [-0.15, -0.1) is 0 Å². The molecule has 0 amide bonds. The maximum absolute atomic E-state index is 11.4. The Morgan fingerprint density at radius 3 is 2.29 bits per heavy atom. The molecule has 2 atom stereocenters. The zero-order chi connectivity index (χ0) is 12.3. The first-order chi connectivity index (χ1) is 8.20. The number of carboxylic acid groups (broad SMARTS) is 1. The highest BCUT2D eigenvalue weighted by molar-refractivity contribution is 8.23. The minimum atomic E-state index is -0.705. The molecule has 1 aromatic carbocycles. The summed E-state index contributed by atoms with van der Waals surface area (Å²) in [4.78, 5) is 11.4. The van der Waals surface area contributed by atoms with Crippen molar-refractivity contribution in [3.05, 3.63) is 58.9 Å². The van der Waals surface area contributed by atoms with Gasteiger partial charge in [0, 0.05) is 5.92 Å². The Bertz CT molecular complexity index is 439. The third-order valence-corrected chi connectivity index (χ3v) is 5.34. The maximum Gasteiger partial charge on any atom is 0.316 e. The second-order valence-corrected chi connectivity index (χ2v) is 6.16. The third kappa shape index (κ3) is 2.61. The average molecular weight is 248 g/mol. The first-order valence-corrected chi connectivity index (χ1v) is 7.15. The van der Waals surface area contributed by atoms with E-state index in [1.54, 1.807) is 0 Å². The first-order valence-electron chi connectivity index (χ1n) is 5.60. The molecule has 2 rings (SSSR count). The number of carbonyl (C=O) groups is 1. The molecule has 0 aliphatic carbocycles. The van der Waals surface area contributed by atoms with Gasteiger partial charge in [0.1, 0.15) is 0 Å². The normalized spacial score (nSPS) is 19.2. The molecule has 0 radical (unpaired) electrons. The predicted molar refractivity (Wildman–Crippen MR) is 73.5 cm³/mol. The van der Waals surface area contributed by atoms with E-state index in [1.807, 2.05) is 60.2 Å². The third-order valence-electron chi connectivity index (χ3n) is 3.00. The number of rotatable bonds is 4. The lowest BCUT2D eigenvalue weighted by molar-refractivity contribution is -0.136. The number of aliphatic carboxylic acids is 1. The number of thiol groups is 1. The van der Waals surface area contributed by atoms with E-state index >= 15 is 0 Å². The highest BCUT2D eigenvalue weighted by Crippen LogP contribution is 2.44. The van der Waals surface area contributed by atoms with Crippen LogP contribution in [-0.2, 0) is 4.79 Å². The molecular weight excluding hydrogens is 232 g/mol. The molecule has 0 bridgehead atoms. The van der Waals surface area contributed by atoms with Crippen LogP contribution in [0.5, 0.6) is 0 Å². The lowest BCUT2D eigenvalue weighted by Gasteiger charge is -2.26. The molecule has 1 aliphatic heterocycles. The zero-order valence-electron chi connectivity index (χ0n) is 9.65. The lowest BCUT2D eigenvalue weighted by atomic mass is 9.97. The van der Waals surface area contributed by atoms with E-state index in [9.17, 15) is 9.90 Å². The van der Waals surface area contributed by atoms with Crippen molar-refractivity contribution >= 4 is 16.9 Å². The van der Waals surface area contributed by atoms with Gasteiger partial charge in [-0.2, -0.15) is 10.9 Å². The van der Waals surface area contributed by atoms with Crippen LogP contribution in [-0.4, -0.2) is 16.3 Å². The standard InChI is InChI=1S/C14H16O2S/c1-11(12-7-3-2-4-8-12)13(14(15)16)17-9-5-6-10-17/h2-11,13,17H,1H3,(H,15,16). The van der Waals surface area contributed by atoms with Crippen molar-refractivity contribution in [2.24, 2.45) is 0 Å². The van der Waals surface area contributed by atoms with Gasteiger partial charge in [0.2, 0.25) is 0 Å². The Labute approximate surface area is 104 Å². The lowest BCUT2D eigenvalue weighted by Crippen LogP contribution is -2.25. The quantitative estimate of drug-likeness (QED) is 0.802. The fourth-order valence-electron chi connectivity index (χ4n) is 2.07. The smallest absolute Gasteiger partial charge is 0.316 e. The summed E-state index contributed by atoms with van der Waals surface area (Å²) in [6.45, 7) is 2.00. The number of hydrogen-bond acceptors (Lipinski definition) is 1. The maximum atomic E-state index is 11.4. The Morgan fingerprint density at radius 1 is 1.18 bits per heavy atom. The van der Waals surface area contributed by atoms with Crippen molar-refractivity contribution < 1.29 is 9.90 Å². The highest BCUT2D eigenvalue weighted by atomic mass is 32.2. The van der Waals surface area contributed by atoms with E-state index in [0.717, 1.165) is 5.56 Å². The molecule has 1 N–H and O–H groups in total. The molecule has 3 heteroatoms. The fraction of sp³-hybridized carbons (Fsp3) is 0.214. The fourth-order valence-corrected chi connectivity index (χ4v) is 4.08. The molecule has 90 valence electrons. The van der Waals surface area contributed by atoms with Crippen molar-refractivity contribution in [2.45, 2.75) is 18.1 Å². The van der Waals surface area contributed by atoms with E-state index in [0.29, 0.717) is 0 Å². The van der Waals surface area contributed by atoms with Crippen molar-refractivity contribution in [2.75, 3.05) is 0 Å². The van der Waals surface area contributed by atoms with Gasteiger partial charge < -0.3 is 5.11 Å². The molecule has 0 saturated carbocycles. The number of benzene rings is 1. The molecule has 0 spiro atoms. The van der Waals surface area contributed by atoms with Crippen LogP contribution in [0.15, 0.2) is 53.3 Å². The van der Waals surface area contributed by atoms with Crippen LogP contribution >= 0.6 is 10.9 Å². The number of allylic oxidation sites excluding steroid dienone is 2. The molecule has 2 nitrogen and oxygen atoms in total. The Hall–Kier alpha value is -1.48. The summed E-state index contributed by atoms with van der Waals surface area (Å²) in [7, 11) is -0.672. The number of hydrogen-bond donors (Lipinski definition) is 2. The Kier molecular flexibility index (Phi) is 3.69. The Morgan fingerprint density at radius 2 is 1.76 bits per heavy atom. The average Bonchev–Trinajstić information content (AvgIpc) is 2.83. The molecule has 0 saturated heterocycles. The summed E-state index contributed by atoms with van der Waals surface area (Å²) in [5.41, 5.74) is 1.09. The summed E-state index contributed by atoms with van der Waals surface area (Å²) < 4.78 is 0. The van der Waals surface area contributed by atoms with E-state index in [1.165, 1.54) is 0 Å². The largest absolute Gasteiger partial charge is 0.480 e. The summed E-state index contributed by atoms with van der Waals surface area (Å²) in [6.07, 6.45) is 3.89. The topological polar surface area (TPSA) is 37.3 Å². The first kappa shape index (κ1) is 12.0. The molecule has 1 aromatic rings. The van der Waals surface area contributed by atoms with E-state index in [2.05, 4.69) is 0 Å². The minimum Gasteiger partial charge on any atom is -0.480 e. The van der Waals surface area contributed by atoms with Crippen molar-refractivity contribution in [3.63, 3.8) is 0 Å². The van der Waals surface area contributed by atoms with Crippen LogP contribution in [0.1, 0.15) is 18.4 Å². The SMILES string of the molecule is CC(c1ccccc1)C(C(=O)O)[SH]1C=CC=C1. The molecular formula is C14H16O2S. The molecule has 1 aliphatic rings. The molecule has 1 heterocycles. The van der Waals surface area contributed by atoms with E-state index in [4.69, 9.17) is 0 Å². The second kappa shape index (κ2) is 5.23. The van der Waals surface area contributed by atoms with Crippen molar-refractivity contribution in [1.82, 2.24) is 0 Å². The van der Waals surface area contributed by atoms with Crippen LogP contribution in [0, 0.1) is 0 Å². The highest BCUT2D eigenvalue weighted by Gasteiger charge is 2.29. The van der Waals surface area contributed by atoms with Crippen LogP contribution in [0.3, 0.4) is 0 Å². The molecule has 17 heavy (non-hydrogen) atoms. The van der Waals surface area contributed by atoms with Crippen LogP contribution in [0.25, 0.3) is 0 Å². The summed E-state index contributed by atoms with van der Waals surface area (Å²) in [6, 6.07) is 9.86. The van der Waals surface area contributed by atoms with Crippen LogP contribution < -0.4 is 0 Å². The van der Waals surface area contributed by atoms with Gasteiger partial charge in [0.05, 0.1) is 5.25 Å². The van der Waals surface area contributed by atoms with Gasteiger partial charge in [-0.25, -0.2) is 0 Å². The van der Waals surface area contributed by atoms with Gasteiger partial charge in [-0.3, -0.25) is 4.79 Å². The summed E-state index contributed by atoms with van der Waals surface area (Å²) >= 11 is 0. The Balaban J connectivity index is 2.25. The van der Waals surface area contributed by atoms with Gasteiger partial charge in [0.15, 0.2) is 0 Å². The van der Waals surface area contributed by atoms with Gasteiger partial charge >= 0.3 is 5.97 Å². The van der Waals surface area contributed by atoms with E-state index < -0.39 is 16.9 Å². The summed E-state index contributed by atoms with van der Waals surface area (Å²) in [5, 5.41) is 13.1. The molecule has 2 unspecified atom stereocenters. The van der Waals surface area contributed by atoms with Crippen molar-refractivity contribution in [1.29, 1.82) is 0 Å². The van der Waals surface area contributed by atoms with Gasteiger partial charge in [-0.1, -0.05) is 49.4 Å². The monoisotopic (exact) mass is 248 g/mol. The predicted octanol–water partition coefficient (Wildman–Crippen LogP) is 3.29. The molecule has 0 aromatic heterocycles. The van der Waals surface area contributed by atoms with E-state index in [-0.39, 0.29) is 11.2 Å². The van der Waals surface area contributed by atoms with Crippen molar-refractivity contribution in [3.8, 4) is 0 Å².